The summed E-state index contributed by atoms with van der Waals surface area (Å²) >= 11 is 5.81. The van der Waals surface area contributed by atoms with Crippen LogP contribution in [-0.2, 0) is 6.42 Å². The molecular weight excluding hydrogens is 285 g/mol. The highest BCUT2D eigenvalue weighted by molar-refractivity contribution is 6.30. The SMILES string of the molecule is CCNC(c1ccccc1)C(C)Cc1ccc(Cl)cc1F. The van der Waals surface area contributed by atoms with E-state index in [0.717, 1.165) is 6.54 Å². The number of hydrogen-bond acceptors (Lipinski definition) is 1. The van der Waals surface area contributed by atoms with Gasteiger partial charge in [0, 0.05) is 11.1 Å². The van der Waals surface area contributed by atoms with Crippen molar-refractivity contribution in [3.05, 3.63) is 70.5 Å². The zero-order chi connectivity index (χ0) is 15.2. The van der Waals surface area contributed by atoms with Crippen LogP contribution in [0.4, 0.5) is 4.39 Å². The third-order valence-electron chi connectivity index (χ3n) is 3.71. The fourth-order valence-electron chi connectivity index (χ4n) is 2.68. The lowest BCUT2D eigenvalue weighted by atomic mass is 9.89. The van der Waals surface area contributed by atoms with Gasteiger partial charge in [0.05, 0.1) is 0 Å². The average molecular weight is 306 g/mol. The lowest BCUT2D eigenvalue weighted by Crippen LogP contribution is -2.28. The van der Waals surface area contributed by atoms with E-state index in [-0.39, 0.29) is 17.8 Å². The van der Waals surface area contributed by atoms with Gasteiger partial charge in [0.1, 0.15) is 5.82 Å². The molecule has 0 saturated carbocycles. The average Bonchev–Trinajstić information content (AvgIpc) is 2.48. The third kappa shape index (κ3) is 4.29. The zero-order valence-corrected chi connectivity index (χ0v) is 13.2. The highest BCUT2D eigenvalue weighted by atomic mass is 35.5. The molecule has 0 saturated heterocycles. The predicted molar refractivity (Wildman–Crippen MR) is 87.1 cm³/mol. The van der Waals surface area contributed by atoms with Crippen LogP contribution in [0.2, 0.25) is 5.02 Å². The molecule has 0 aliphatic rings. The van der Waals surface area contributed by atoms with Gasteiger partial charge in [-0.05, 0) is 42.1 Å². The summed E-state index contributed by atoms with van der Waals surface area (Å²) in [5.74, 6) is 0.0562. The maximum atomic E-state index is 14.0. The Morgan fingerprint density at radius 1 is 1.14 bits per heavy atom. The van der Waals surface area contributed by atoms with Gasteiger partial charge in [-0.25, -0.2) is 4.39 Å². The van der Waals surface area contributed by atoms with Crippen molar-refractivity contribution >= 4 is 11.6 Å². The molecule has 2 atom stereocenters. The van der Waals surface area contributed by atoms with Crippen molar-refractivity contribution in [2.75, 3.05) is 6.54 Å². The minimum absolute atomic E-state index is 0.214. The second-order valence-electron chi connectivity index (χ2n) is 5.36. The van der Waals surface area contributed by atoms with Crippen molar-refractivity contribution in [3.8, 4) is 0 Å². The summed E-state index contributed by atoms with van der Waals surface area (Å²) in [5, 5.41) is 3.94. The fraction of sp³-hybridized carbons (Fsp3) is 0.333. The van der Waals surface area contributed by atoms with Crippen LogP contribution in [0.15, 0.2) is 48.5 Å². The Morgan fingerprint density at radius 3 is 2.48 bits per heavy atom. The van der Waals surface area contributed by atoms with Gasteiger partial charge < -0.3 is 5.32 Å². The summed E-state index contributed by atoms with van der Waals surface area (Å²) < 4.78 is 14.0. The molecule has 0 spiro atoms. The molecule has 112 valence electrons. The summed E-state index contributed by atoms with van der Waals surface area (Å²) in [4.78, 5) is 0. The molecule has 2 aromatic carbocycles. The van der Waals surface area contributed by atoms with Crippen LogP contribution in [0.5, 0.6) is 0 Å². The van der Waals surface area contributed by atoms with Crippen LogP contribution in [0.25, 0.3) is 0 Å². The van der Waals surface area contributed by atoms with Gasteiger partial charge in [0.2, 0.25) is 0 Å². The van der Waals surface area contributed by atoms with E-state index in [1.807, 2.05) is 18.2 Å². The molecule has 2 rings (SSSR count). The van der Waals surface area contributed by atoms with Gasteiger partial charge in [-0.1, -0.05) is 61.8 Å². The molecule has 21 heavy (non-hydrogen) atoms. The van der Waals surface area contributed by atoms with Gasteiger partial charge in [-0.2, -0.15) is 0 Å². The zero-order valence-electron chi connectivity index (χ0n) is 12.4. The highest BCUT2D eigenvalue weighted by Crippen LogP contribution is 2.26. The van der Waals surface area contributed by atoms with Crippen LogP contribution in [-0.4, -0.2) is 6.54 Å². The van der Waals surface area contributed by atoms with Crippen molar-refractivity contribution in [1.82, 2.24) is 5.32 Å². The Bertz CT molecular complexity index is 571. The van der Waals surface area contributed by atoms with E-state index in [0.29, 0.717) is 17.0 Å². The number of benzene rings is 2. The quantitative estimate of drug-likeness (QED) is 0.791. The molecule has 1 nitrogen and oxygen atoms in total. The number of hydrogen-bond donors (Lipinski definition) is 1. The molecule has 0 fully saturated rings. The molecule has 3 heteroatoms. The lowest BCUT2D eigenvalue weighted by Gasteiger charge is -2.25. The molecule has 0 heterocycles. The molecular formula is C18H21ClFN. The first-order chi connectivity index (χ1) is 10.1. The number of nitrogens with one attached hydrogen (secondary N) is 1. The van der Waals surface area contributed by atoms with Gasteiger partial charge in [0.15, 0.2) is 0 Å². The standard InChI is InChI=1S/C18H21ClFN/c1-3-21-18(14-7-5-4-6-8-14)13(2)11-15-9-10-16(19)12-17(15)20/h4-10,12-13,18,21H,3,11H2,1-2H3. The van der Waals surface area contributed by atoms with Crippen molar-refractivity contribution in [1.29, 1.82) is 0 Å². The fourth-order valence-corrected chi connectivity index (χ4v) is 2.84. The van der Waals surface area contributed by atoms with Gasteiger partial charge >= 0.3 is 0 Å². The van der Waals surface area contributed by atoms with Crippen LogP contribution in [0, 0.1) is 11.7 Å². The van der Waals surface area contributed by atoms with Crippen molar-refractivity contribution in [3.63, 3.8) is 0 Å². The Balaban J connectivity index is 2.17. The molecule has 0 aromatic heterocycles. The Kier molecular flexibility index (Phi) is 5.77. The minimum atomic E-state index is -0.224. The monoisotopic (exact) mass is 305 g/mol. The van der Waals surface area contributed by atoms with Crippen molar-refractivity contribution in [2.45, 2.75) is 26.3 Å². The summed E-state index contributed by atoms with van der Waals surface area (Å²) in [6, 6.07) is 15.4. The first-order valence-electron chi connectivity index (χ1n) is 7.34. The molecule has 0 aliphatic heterocycles. The maximum absolute atomic E-state index is 14.0. The molecule has 0 amide bonds. The second-order valence-corrected chi connectivity index (χ2v) is 5.80. The second kappa shape index (κ2) is 7.58. The summed E-state index contributed by atoms with van der Waals surface area (Å²) in [6.45, 7) is 5.12. The predicted octanol–water partition coefficient (Wildman–Crippen LogP) is 5.01. The normalized spacial score (nSPS) is 13.9. The summed E-state index contributed by atoms with van der Waals surface area (Å²) in [7, 11) is 0. The van der Waals surface area contributed by atoms with E-state index >= 15 is 0 Å². The molecule has 0 bridgehead atoms. The van der Waals surface area contributed by atoms with E-state index < -0.39 is 0 Å². The molecule has 1 N–H and O–H groups in total. The van der Waals surface area contributed by atoms with Crippen LogP contribution in [0.3, 0.4) is 0 Å². The van der Waals surface area contributed by atoms with E-state index in [9.17, 15) is 4.39 Å². The van der Waals surface area contributed by atoms with Crippen LogP contribution >= 0.6 is 11.6 Å². The molecule has 0 aliphatic carbocycles. The Labute approximate surface area is 131 Å². The molecule has 0 radical (unpaired) electrons. The highest BCUT2D eigenvalue weighted by Gasteiger charge is 2.19. The summed E-state index contributed by atoms with van der Waals surface area (Å²) in [5.41, 5.74) is 1.95. The van der Waals surface area contributed by atoms with Crippen LogP contribution in [0.1, 0.15) is 31.0 Å². The van der Waals surface area contributed by atoms with Crippen LogP contribution < -0.4 is 5.32 Å². The van der Waals surface area contributed by atoms with E-state index in [4.69, 9.17) is 11.6 Å². The van der Waals surface area contributed by atoms with Crippen molar-refractivity contribution in [2.24, 2.45) is 5.92 Å². The van der Waals surface area contributed by atoms with Gasteiger partial charge in [-0.15, -0.1) is 0 Å². The Morgan fingerprint density at radius 2 is 1.86 bits per heavy atom. The largest absolute Gasteiger partial charge is 0.310 e. The smallest absolute Gasteiger partial charge is 0.127 e. The topological polar surface area (TPSA) is 12.0 Å². The first kappa shape index (κ1) is 16.0. The first-order valence-corrected chi connectivity index (χ1v) is 7.72. The van der Waals surface area contributed by atoms with Gasteiger partial charge in [0.25, 0.3) is 0 Å². The molecule has 2 unspecified atom stereocenters. The summed E-state index contributed by atoms with van der Waals surface area (Å²) in [6.07, 6.45) is 0.676. The minimum Gasteiger partial charge on any atom is -0.310 e. The van der Waals surface area contributed by atoms with E-state index in [1.54, 1.807) is 12.1 Å². The Hall–Kier alpha value is -1.38. The van der Waals surface area contributed by atoms with E-state index in [2.05, 4.69) is 31.3 Å². The third-order valence-corrected chi connectivity index (χ3v) is 3.94. The molecule has 2 aromatic rings. The van der Waals surface area contributed by atoms with E-state index in [1.165, 1.54) is 11.6 Å². The number of rotatable bonds is 6. The maximum Gasteiger partial charge on any atom is 0.127 e. The lowest BCUT2D eigenvalue weighted by molar-refractivity contribution is 0.387. The van der Waals surface area contributed by atoms with Crippen molar-refractivity contribution < 1.29 is 4.39 Å². The number of halogens is 2. The van der Waals surface area contributed by atoms with Gasteiger partial charge in [-0.3, -0.25) is 0 Å².